The summed E-state index contributed by atoms with van der Waals surface area (Å²) in [6, 6.07) is 11.5. The van der Waals surface area contributed by atoms with E-state index in [2.05, 4.69) is 16.9 Å². The van der Waals surface area contributed by atoms with E-state index in [1.54, 1.807) is 36.5 Å². The molecule has 0 aliphatic carbocycles. The molecule has 0 amide bonds. The van der Waals surface area contributed by atoms with E-state index in [1.807, 2.05) is 13.1 Å². The molecule has 0 saturated carbocycles. The van der Waals surface area contributed by atoms with Crippen LogP contribution < -0.4 is 4.74 Å². The number of benzene rings is 2. The lowest BCUT2D eigenvalue weighted by Gasteiger charge is -2.08. The van der Waals surface area contributed by atoms with Gasteiger partial charge in [0.05, 0.1) is 23.1 Å². The van der Waals surface area contributed by atoms with Gasteiger partial charge in [-0.05, 0) is 49.1 Å². The van der Waals surface area contributed by atoms with Crippen LogP contribution in [0, 0.1) is 5.82 Å². The molecule has 1 heterocycles. The van der Waals surface area contributed by atoms with Crippen molar-refractivity contribution in [3.63, 3.8) is 0 Å². The van der Waals surface area contributed by atoms with Gasteiger partial charge in [0.25, 0.3) is 0 Å². The monoisotopic (exact) mass is 434 g/mol. The van der Waals surface area contributed by atoms with Gasteiger partial charge in [0, 0.05) is 11.8 Å². The zero-order valence-electron chi connectivity index (χ0n) is 18.9. The number of unbranched alkanes of at least 4 members (excludes halogenated alkanes) is 5. The third kappa shape index (κ3) is 6.71. The molecule has 1 aromatic heterocycles. The molecule has 0 unspecified atom stereocenters. The predicted octanol–water partition coefficient (Wildman–Crippen LogP) is 6.97. The van der Waals surface area contributed by atoms with Crippen molar-refractivity contribution in [3.8, 4) is 17.0 Å². The SMILES string of the molecule is CCCCCCCCc1cnc(-c2ccc(C(=O)Oc3ccc(CC)cc3F)cc2)cn1. The lowest BCUT2D eigenvalue weighted by atomic mass is 10.1. The number of halogens is 1. The molecule has 0 fully saturated rings. The predicted molar refractivity (Wildman–Crippen MR) is 125 cm³/mol. The Bertz CT molecular complexity index is 1000. The first-order valence-corrected chi connectivity index (χ1v) is 11.5. The molecule has 0 radical (unpaired) electrons. The van der Waals surface area contributed by atoms with Crippen molar-refractivity contribution in [1.29, 1.82) is 0 Å². The van der Waals surface area contributed by atoms with Crippen molar-refractivity contribution < 1.29 is 13.9 Å². The fourth-order valence-corrected chi connectivity index (χ4v) is 3.50. The second-order valence-corrected chi connectivity index (χ2v) is 8.00. The van der Waals surface area contributed by atoms with Crippen LogP contribution in [-0.2, 0) is 12.8 Å². The molecule has 0 spiro atoms. The molecule has 0 bridgehead atoms. The number of aryl methyl sites for hydroxylation is 2. The second-order valence-electron chi connectivity index (χ2n) is 8.00. The largest absolute Gasteiger partial charge is 0.420 e. The summed E-state index contributed by atoms with van der Waals surface area (Å²) in [6.07, 6.45) is 12.8. The number of aromatic nitrogens is 2. The highest BCUT2D eigenvalue weighted by molar-refractivity contribution is 5.91. The van der Waals surface area contributed by atoms with E-state index in [-0.39, 0.29) is 5.75 Å². The summed E-state index contributed by atoms with van der Waals surface area (Å²) in [5, 5.41) is 0. The highest BCUT2D eigenvalue weighted by Crippen LogP contribution is 2.22. The van der Waals surface area contributed by atoms with Crippen molar-refractivity contribution in [2.45, 2.75) is 65.2 Å². The number of nitrogens with zero attached hydrogens (tertiary/aromatic N) is 2. The van der Waals surface area contributed by atoms with Crippen LogP contribution in [0.2, 0.25) is 0 Å². The number of hydrogen-bond donors (Lipinski definition) is 0. The van der Waals surface area contributed by atoms with Crippen LogP contribution in [0.15, 0.2) is 54.9 Å². The fourth-order valence-electron chi connectivity index (χ4n) is 3.50. The first-order valence-electron chi connectivity index (χ1n) is 11.5. The highest BCUT2D eigenvalue weighted by atomic mass is 19.1. The van der Waals surface area contributed by atoms with Gasteiger partial charge in [-0.2, -0.15) is 0 Å². The van der Waals surface area contributed by atoms with Gasteiger partial charge in [-0.1, -0.05) is 64.2 Å². The van der Waals surface area contributed by atoms with E-state index in [4.69, 9.17) is 4.74 Å². The van der Waals surface area contributed by atoms with Crippen molar-refractivity contribution in [1.82, 2.24) is 9.97 Å². The molecular weight excluding hydrogens is 403 g/mol. The summed E-state index contributed by atoms with van der Waals surface area (Å²) in [5.41, 5.74) is 3.81. The minimum atomic E-state index is -0.597. The molecule has 3 aromatic rings. The fraction of sp³-hybridized carbons (Fsp3) is 0.370. The first kappa shape index (κ1) is 23.6. The summed E-state index contributed by atoms with van der Waals surface area (Å²) < 4.78 is 19.3. The van der Waals surface area contributed by atoms with Crippen LogP contribution in [0.3, 0.4) is 0 Å². The van der Waals surface area contributed by atoms with Gasteiger partial charge < -0.3 is 4.74 Å². The Hall–Kier alpha value is -3.08. The molecule has 0 aliphatic rings. The van der Waals surface area contributed by atoms with E-state index >= 15 is 0 Å². The topological polar surface area (TPSA) is 52.1 Å². The van der Waals surface area contributed by atoms with E-state index in [0.717, 1.165) is 41.8 Å². The Labute approximate surface area is 189 Å². The maximum absolute atomic E-state index is 14.1. The number of esters is 1. The minimum absolute atomic E-state index is 0.0666. The van der Waals surface area contributed by atoms with Gasteiger partial charge in [-0.3, -0.25) is 9.97 Å². The van der Waals surface area contributed by atoms with E-state index in [9.17, 15) is 9.18 Å². The van der Waals surface area contributed by atoms with Gasteiger partial charge in [-0.15, -0.1) is 0 Å². The lowest BCUT2D eigenvalue weighted by Crippen LogP contribution is -2.09. The summed E-state index contributed by atoms with van der Waals surface area (Å²) in [7, 11) is 0. The van der Waals surface area contributed by atoms with E-state index in [0.29, 0.717) is 5.56 Å². The maximum Gasteiger partial charge on any atom is 0.343 e. The molecule has 0 saturated heterocycles. The average Bonchev–Trinajstić information content (AvgIpc) is 2.83. The van der Waals surface area contributed by atoms with Crippen molar-refractivity contribution in [3.05, 3.63) is 77.5 Å². The summed E-state index contributed by atoms with van der Waals surface area (Å²) >= 11 is 0. The summed E-state index contributed by atoms with van der Waals surface area (Å²) in [4.78, 5) is 21.4. The van der Waals surface area contributed by atoms with Gasteiger partial charge in [0.15, 0.2) is 11.6 Å². The lowest BCUT2D eigenvalue weighted by molar-refractivity contribution is 0.0728. The van der Waals surface area contributed by atoms with Gasteiger partial charge in [0.1, 0.15) is 0 Å². The molecule has 0 atom stereocenters. The van der Waals surface area contributed by atoms with Crippen molar-refractivity contribution in [2.24, 2.45) is 0 Å². The van der Waals surface area contributed by atoms with Crippen LogP contribution in [0.25, 0.3) is 11.3 Å². The van der Waals surface area contributed by atoms with Crippen LogP contribution in [-0.4, -0.2) is 15.9 Å². The molecule has 5 heteroatoms. The van der Waals surface area contributed by atoms with Gasteiger partial charge in [-0.25, -0.2) is 9.18 Å². The van der Waals surface area contributed by atoms with Gasteiger partial charge >= 0.3 is 5.97 Å². The molecule has 2 aromatic carbocycles. The van der Waals surface area contributed by atoms with E-state index < -0.39 is 11.8 Å². The molecule has 3 rings (SSSR count). The Morgan fingerprint density at radius 3 is 2.31 bits per heavy atom. The van der Waals surface area contributed by atoms with Crippen molar-refractivity contribution >= 4 is 5.97 Å². The summed E-state index contributed by atoms with van der Waals surface area (Å²) in [6.45, 7) is 4.17. The molecule has 0 N–H and O–H groups in total. The number of ether oxygens (including phenoxy) is 1. The molecule has 168 valence electrons. The Morgan fingerprint density at radius 1 is 0.906 bits per heavy atom. The summed E-state index contributed by atoms with van der Waals surface area (Å²) in [5.74, 6) is -1.20. The number of carbonyl (C=O) groups is 1. The highest BCUT2D eigenvalue weighted by Gasteiger charge is 2.13. The zero-order chi connectivity index (χ0) is 22.8. The smallest absolute Gasteiger partial charge is 0.343 e. The van der Waals surface area contributed by atoms with Crippen LogP contribution in [0.5, 0.6) is 5.75 Å². The quantitative estimate of drug-likeness (QED) is 0.186. The Kier molecular flexibility index (Phi) is 8.90. The minimum Gasteiger partial charge on any atom is -0.420 e. The Balaban J connectivity index is 1.55. The first-order chi connectivity index (χ1) is 15.6. The molecule has 0 aliphatic heterocycles. The van der Waals surface area contributed by atoms with Gasteiger partial charge in [0.2, 0.25) is 0 Å². The van der Waals surface area contributed by atoms with Crippen LogP contribution >= 0.6 is 0 Å². The number of hydrogen-bond acceptors (Lipinski definition) is 4. The maximum atomic E-state index is 14.1. The Morgan fingerprint density at radius 2 is 1.66 bits per heavy atom. The third-order valence-electron chi connectivity index (χ3n) is 5.52. The number of carbonyl (C=O) groups excluding carboxylic acids is 1. The normalized spacial score (nSPS) is 10.8. The van der Waals surface area contributed by atoms with E-state index in [1.165, 1.54) is 44.2 Å². The number of rotatable bonds is 11. The molecule has 32 heavy (non-hydrogen) atoms. The van der Waals surface area contributed by atoms with Crippen molar-refractivity contribution in [2.75, 3.05) is 0 Å². The second kappa shape index (κ2) is 12.1. The third-order valence-corrected chi connectivity index (χ3v) is 5.52. The standard InChI is InChI=1S/C27H31FN2O2/c1-3-5-6-7-8-9-10-23-18-30-25(19-29-23)21-12-14-22(15-13-21)27(31)32-26-16-11-20(4-2)17-24(26)28/h11-19H,3-10H2,1-2H3. The van der Waals surface area contributed by atoms with Crippen LogP contribution in [0.1, 0.15) is 74.0 Å². The van der Waals surface area contributed by atoms with Crippen LogP contribution in [0.4, 0.5) is 4.39 Å². The molecular formula is C27H31FN2O2. The average molecular weight is 435 g/mol. The zero-order valence-corrected chi connectivity index (χ0v) is 18.9. The molecule has 4 nitrogen and oxygen atoms in total.